The molecule has 0 aliphatic heterocycles. The van der Waals surface area contributed by atoms with Crippen LogP contribution in [0.1, 0.15) is 25.3 Å². The fourth-order valence-electron chi connectivity index (χ4n) is 2.42. The molecule has 0 aromatic carbocycles. The molecule has 1 unspecified atom stereocenters. The predicted octanol–water partition coefficient (Wildman–Crippen LogP) is 3.92. The molecule has 1 N–H and O–H groups in total. The standard InChI is InChI=1S/C17H20N4OS/c1-12(5-3-6-13-7-4-10-18-11-13)19-17-20-14-8-9-15(22-2)21-16(14)23-17/h4,7-12H,3,5-6H2,1-2H3,(H,19,20). The van der Waals surface area contributed by atoms with E-state index in [-0.39, 0.29) is 0 Å². The molecular formula is C17H20N4OS. The van der Waals surface area contributed by atoms with Crippen LogP contribution in [0.4, 0.5) is 5.13 Å². The lowest BCUT2D eigenvalue weighted by Crippen LogP contribution is -2.14. The Bertz CT molecular complexity index is 760. The molecule has 0 spiro atoms. The van der Waals surface area contributed by atoms with Crippen molar-refractivity contribution in [2.24, 2.45) is 0 Å². The molecule has 0 bridgehead atoms. The second-order valence-corrected chi connectivity index (χ2v) is 6.47. The average Bonchev–Trinajstić information content (AvgIpc) is 2.96. The van der Waals surface area contributed by atoms with Crippen molar-refractivity contribution in [3.8, 4) is 5.88 Å². The lowest BCUT2D eigenvalue weighted by Gasteiger charge is -2.12. The van der Waals surface area contributed by atoms with Gasteiger partial charge in [0, 0.05) is 24.5 Å². The van der Waals surface area contributed by atoms with Gasteiger partial charge in [0.1, 0.15) is 10.3 Å². The second-order valence-electron chi connectivity index (χ2n) is 5.50. The monoisotopic (exact) mass is 328 g/mol. The van der Waals surface area contributed by atoms with E-state index in [0.29, 0.717) is 11.9 Å². The van der Waals surface area contributed by atoms with Crippen LogP contribution in [0.15, 0.2) is 36.7 Å². The van der Waals surface area contributed by atoms with Gasteiger partial charge in [0.25, 0.3) is 0 Å². The molecular weight excluding hydrogens is 308 g/mol. The van der Waals surface area contributed by atoms with Crippen LogP contribution in [0.3, 0.4) is 0 Å². The Kier molecular flexibility index (Phi) is 5.02. The largest absolute Gasteiger partial charge is 0.481 e. The third kappa shape index (κ3) is 4.16. The number of rotatable bonds is 7. The summed E-state index contributed by atoms with van der Waals surface area (Å²) in [4.78, 5) is 14.0. The molecule has 5 nitrogen and oxygen atoms in total. The molecule has 3 rings (SSSR count). The van der Waals surface area contributed by atoms with Crippen molar-refractivity contribution >= 4 is 26.8 Å². The fourth-order valence-corrected chi connectivity index (χ4v) is 3.36. The summed E-state index contributed by atoms with van der Waals surface area (Å²) in [6.45, 7) is 2.18. The van der Waals surface area contributed by atoms with E-state index in [4.69, 9.17) is 4.74 Å². The molecule has 0 aliphatic rings. The van der Waals surface area contributed by atoms with E-state index >= 15 is 0 Å². The van der Waals surface area contributed by atoms with Crippen LogP contribution < -0.4 is 10.1 Å². The Balaban J connectivity index is 1.54. The smallest absolute Gasteiger partial charge is 0.214 e. The molecule has 0 aliphatic carbocycles. The third-order valence-electron chi connectivity index (χ3n) is 3.63. The maximum Gasteiger partial charge on any atom is 0.214 e. The molecule has 3 aromatic rings. The topological polar surface area (TPSA) is 59.9 Å². The summed E-state index contributed by atoms with van der Waals surface area (Å²) in [6, 6.07) is 8.25. The number of nitrogens with zero attached hydrogens (tertiary/aromatic N) is 3. The maximum absolute atomic E-state index is 5.15. The van der Waals surface area contributed by atoms with E-state index in [2.05, 4.69) is 33.3 Å². The van der Waals surface area contributed by atoms with Gasteiger partial charge in [-0.1, -0.05) is 17.4 Å². The van der Waals surface area contributed by atoms with Crippen LogP contribution in [0.25, 0.3) is 10.3 Å². The molecule has 1 atom stereocenters. The van der Waals surface area contributed by atoms with Crippen LogP contribution in [0.2, 0.25) is 0 Å². The average molecular weight is 328 g/mol. The SMILES string of the molecule is COc1ccc2nc(NC(C)CCCc3cccnc3)sc2n1. The van der Waals surface area contributed by atoms with E-state index in [0.717, 1.165) is 34.7 Å². The van der Waals surface area contributed by atoms with Crippen LogP contribution in [-0.4, -0.2) is 28.1 Å². The number of nitrogens with one attached hydrogen (secondary N) is 1. The highest BCUT2D eigenvalue weighted by Gasteiger charge is 2.09. The number of anilines is 1. The van der Waals surface area contributed by atoms with E-state index in [1.165, 1.54) is 5.56 Å². The van der Waals surface area contributed by atoms with Crippen LogP contribution >= 0.6 is 11.3 Å². The third-order valence-corrected chi connectivity index (χ3v) is 4.53. The van der Waals surface area contributed by atoms with Crippen molar-refractivity contribution < 1.29 is 4.74 Å². The Labute approximate surface area is 139 Å². The number of thiazole rings is 1. The van der Waals surface area contributed by atoms with Crippen LogP contribution in [0, 0.1) is 0 Å². The van der Waals surface area contributed by atoms with Crippen molar-refractivity contribution in [1.82, 2.24) is 15.0 Å². The minimum absolute atomic E-state index is 0.370. The molecule has 0 amide bonds. The van der Waals surface area contributed by atoms with Gasteiger partial charge >= 0.3 is 0 Å². The van der Waals surface area contributed by atoms with Gasteiger partial charge in [0.2, 0.25) is 5.88 Å². The first-order valence-corrected chi connectivity index (χ1v) is 8.53. The number of pyridine rings is 2. The highest BCUT2D eigenvalue weighted by Crippen LogP contribution is 2.27. The van der Waals surface area contributed by atoms with Gasteiger partial charge in [-0.15, -0.1) is 0 Å². The number of fused-ring (bicyclic) bond motifs is 1. The van der Waals surface area contributed by atoms with E-state index in [9.17, 15) is 0 Å². The van der Waals surface area contributed by atoms with Crippen molar-refractivity contribution in [3.63, 3.8) is 0 Å². The number of aryl methyl sites for hydroxylation is 1. The van der Waals surface area contributed by atoms with Gasteiger partial charge in [-0.25, -0.2) is 9.97 Å². The van der Waals surface area contributed by atoms with Crippen molar-refractivity contribution in [1.29, 1.82) is 0 Å². The zero-order valence-electron chi connectivity index (χ0n) is 13.3. The molecule has 120 valence electrons. The number of hydrogen-bond donors (Lipinski definition) is 1. The molecule has 0 fully saturated rings. The first-order chi connectivity index (χ1) is 11.2. The van der Waals surface area contributed by atoms with Gasteiger partial charge < -0.3 is 10.1 Å². The molecule has 0 radical (unpaired) electrons. The van der Waals surface area contributed by atoms with E-state index in [1.54, 1.807) is 18.4 Å². The molecule has 6 heteroatoms. The minimum Gasteiger partial charge on any atom is -0.481 e. The van der Waals surface area contributed by atoms with E-state index < -0.39 is 0 Å². The van der Waals surface area contributed by atoms with Crippen LogP contribution in [0.5, 0.6) is 5.88 Å². The van der Waals surface area contributed by atoms with Crippen molar-refractivity contribution in [2.75, 3.05) is 12.4 Å². The Morgan fingerprint density at radius 1 is 1.26 bits per heavy atom. The zero-order chi connectivity index (χ0) is 16.1. The molecule has 0 saturated carbocycles. The second kappa shape index (κ2) is 7.37. The lowest BCUT2D eigenvalue weighted by molar-refractivity contribution is 0.400. The normalized spacial score (nSPS) is 12.3. The Hall–Kier alpha value is -2.21. The van der Waals surface area contributed by atoms with Gasteiger partial charge in [0.05, 0.1) is 7.11 Å². The van der Waals surface area contributed by atoms with Crippen molar-refractivity contribution in [3.05, 3.63) is 42.2 Å². The number of ether oxygens (including phenoxy) is 1. The first kappa shape index (κ1) is 15.7. The lowest BCUT2D eigenvalue weighted by atomic mass is 10.1. The summed E-state index contributed by atoms with van der Waals surface area (Å²) in [5.41, 5.74) is 2.19. The predicted molar refractivity (Wildman–Crippen MR) is 94.2 cm³/mol. The zero-order valence-corrected chi connectivity index (χ0v) is 14.1. The highest BCUT2D eigenvalue weighted by atomic mass is 32.1. The van der Waals surface area contributed by atoms with Gasteiger partial charge in [-0.3, -0.25) is 4.98 Å². The fraction of sp³-hybridized carbons (Fsp3) is 0.353. The minimum atomic E-state index is 0.370. The molecule has 23 heavy (non-hydrogen) atoms. The van der Waals surface area contributed by atoms with Crippen LogP contribution in [-0.2, 0) is 6.42 Å². The molecule has 0 saturated heterocycles. The Morgan fingerprint density at radius 2 is 2.17 bits per heavy atom. The number of aromatic nitrogens is 3. The summed E-state index contributed by atoms with van der Waals surface area (Å²) in [7, 11) is 1.62. The maximum atomic E-state index is 5.15. The highest BCUT2D eigenvalue weighted by molar-refractivity contribution is 7.21. The summed E-state index contributed by atoms with van der Waals surface area (Å²) in [5.74, 6) is 0.622. The van der Waals surface area contributed by atoms with Gasteiger partial charge in [-0.05, 0) is 43.9 Å². The van der Waals surface area contributed by atoms with Gasteiger partial charge in [-0.2, -0.15) is 0 Å². The van der Waals surface area contributed by atoms with Crippen molar-refractivity contribution in [2.45, 2.75) is 32.2 Å². The number of hydrogen-bond acceptors (Lipinski definition) is 6. The Morgan fingerprint density at radius 3 is 2.96 bits per heavy atom. The summed E-state index contributed by atoms with van der Waals surface area (Å²) >= 11 is 1.56. The van der Waals surface area contributed by atoms with E-state index in [1.807, 2.05) is 30.6 Å². The summed E-state index contributed by atoms with van der Waals surface area (Å²) < 4.78 is 5.15. The molecule has 3 aromatic heterocycles. The first-order valence-electron chi connectivity index (χ1n) is 7.71. The number of methoxy groups -OCH3 is 1. The quantitative estimate of drug-likeness (QED) is 0.712. The molecule has 3 heterocycles. The van der Waals surface area contributed by atoms with Gasteiger partial charge in [0.15, 0.2) is 5.13 Å². The summed E-state index contributed by atoms with van der Waals surface area (Å²) in [5, 5.41) is 4.38. The summed E-state index contributed by atoms with van der Waals surface area (Å²) in [6.07, 6.45) is 7.01.